The molecule has 0 unspecified atom stereocenters. The van der Waals surface area contributed by atoms with Crippen molar-refractivity contribution in [3.63, 3.8) is 0 Å². The Morgan fingerprint density at radius 1 is 1.17 bits per heavy atom. The van der Waals surface area contributed by atoms with Crippen LogP contribution in [0.1, 0.15) is 37.7 Å². The fourth-order valence-corrected chi connectivity index (χ4v) is 4.21. The Morgan fingerprint density at radius 2 is 1.86 bits per heavy atom. The second-order valence-corrected chi connectivity index (χ2v) is 8.92. The zero-order valence-electron chi connectivity index (χ0n) is 17.5. The van der Waals surface area contributed by atoms with E-state index in [1.54, 1.807) is 25.1 Å². The summed E-state index contributed by atoms with van der Waals surface area (Å²) >= 11 is 0. The third-order valence-electron chi connectivity index (χ3n) is 5.10. The van der Waals surface area contributed by atoms with Crippen molar-refractivity contribution in [1.82, 2.24) is 4.90 Å². The van der Waals surface area contributed by atoms with Gasteiger partial charge in [-0.1, -0.05) is 37.5 Å². The number of benzene rings is 1. The lowest BCUT2D eigenvalue weighted by molar-refractivity contribution is 0.0395. The molecule has 1 heterocycles. The molecular weight excluding hydrogens is 390 g/mol. The van der Waals surface area contributed by atoms with Gasteiger partial charge in [0.2, 0.25) is 0 Å². The normalized spacial score (nSPS) is 18.3. The standard InChI is InChI=1S/C13H23N3O.C8H10O3S/c1-2-4-13(5-3-1)15-12-14-6-7-16-8-10-17-11-9-16;1-7-5-3-4-6-8(7)12(9,10)11-2/h13H,1-11H2;3-6H,1-2H3. The maximum absolute atomic E-state index is 11.2. The van der Waals surface area contributed by atoms with Gasteiger partial charge in [-0.2, -0.15) is 8.42 Å². The third-order valence-corrected chi connectivity index (χ3v) is 6.54. The first-order chi connectivity index (χ1) is 14.0. The van der Waals surface area contributed by atoms with Gasteiger partial charge in [-0.25, -0.2) is 9.98 Å². The van der Waals surface area contributed by atoms with Gasteiger partial charge in [0, 0.05) is 19.6 Å². The molecule has 8 heteroatoms. The lowest BCUT2D eigenvalue weighted by Gasteiger charge is -2.25. The van der Waals surface area contributed by atoms with Crippen LogP contribution in [0.5, 0.6) is 0 Å². The van der Waals surface area contributed by atoms with Gasteiger partial charge in [-0.05, 0) is 31.4 Å². The number of morpholine rings is 1. The number of ether oxygens (including phenoxy) is 1. The molecule has 1 saturated heterocycles. The second kappa shape index (κ2) is 12.9. The highest BCUT2D eigenvalue weighted by Crippen LogP contribution is 2.19. The Bertz CT molecular complexity index is 764. The summed E-state index contributed by atoms with van der Waals surface area (Å²) in [5.41, 5.74) is 0.694. The smallest absolute Gasteiger partial charge is 0.296 e. The average molecular weight is 424 g/mol. The van der Waals surface area contributed by atoms with Gasteiger partial charge in [-0.15, -0.1) is 0 Å². The summed E-state index contributed by atoms with van der Waals surface area (Å²) in [6, 6.07) is 10.1. The highest BCUT2D eigenvalue weighted by Gasteiger charge is 2.14. The molecule has 0 atom stereocenters. The monoisotopic (exact) mass is 423 g/mol. The number of hydrogen-bond donors (Lipinski definition) is 0. The van der Waals surface area contributed by atoms with Gasteiger partial charge in [0.25, 0.3) is 10.1 Å². The molecule has 2 aliphatic rings. The molecule has 1 aliphatic carbocycles. The molecule has 1 aromatic carbocycles. The number of hydrogen-bond acceptors (Lipinski definition) is 7. The van der Waals surface area contributed by atoms with Crippen molar-refractivity contribution < 1.29 is 17.3 Å². The summed E-state index contributed by atoms with van der Waals surface area (Å²) < 4.78 is 32.1. The second-order valence-electron chi connectivity index (χ2n) is 7.24. The lowest BCUT2D eigenvalue weighted by Crippen LogP contribution is -2.37. The van der Waals surface area contributed by atoms with Gasteiger partial charge in [-0.3, -0.25) is 9.08 Å². The molecule has 0 N–H and O–H groups in total. The quantitative estimate of drug-likeness (QED) is 0.519. The Morgan fingerprint density at radius 3 is 2.52 bits per heavy atom. The predicted molar refractivity (Wildman–Crippen MR) is 114 cm³/mol. The first kappa shape index (κ1) is 23.7. The molecule has 1 aliphatic heterocycles. The molecule has 0 bridgehead atoms. The fraction of sp³-hybridized carbons (Fsp3) is 0.667. The summed E-state index contributed by atoms with van der Waals surface area (Å²) in [7, 11) is -2.37. The van der Waals surface area contributed by atoms with E-state index < -0.39 is 10.1 Å². The van der Waals surface area contributed by atoms with Crippen molar-refractivity contribution >= 4 is 16.1 Å². The summed E-state index contributed by atoms with van der Waals surface area (Å²) in [6.45, 7) is 7.35. The number of nitrogens with zero attached hydrogens (tertiary/aromatic N) is 3. The minimum Gasteiger partial charge on any atom is -0.379 e. The minimum atomic E-state index is -3.53. The minimum absolute atomic E-state index is 0.229. The van der Waals surface area contributed by atoms with Crippen molar-refractivity contribution in [1.29, 1.82) is 0 Å². The Balaban J connectivity index is 0.000000221. The molecule has 0 amide bonds. The molecule has 1 aromatic rings. The van der Waals surface area contributed by atoms with E-state index in [1.807, 2.05) is 0 Å². The van der Waals surface area contributed by atoms with E-state index in [9.17, 15) is 8.42 Å². The van der Waals surface area contributed by atoms with E-state index in [0.29, 0.717) is 11.6 Å². The van der Waals surface area contributed by atoms with Crippen LogP contribution in [-0.4, -0.2) is 71.9 Å². The number of aryl methyl sites for hydroxylation is 1. The van der Waals surface area contributed by atoms with Gasteiger partial charge < -0.3 is 4.74 Å². The van der Waals surface area contributed by atoms with Crippen LogP contribution >= 0.6 is 0 Å². The molecule has 0 radical (unpaired) electrons. The topological polar surface area (TPSA) is 80.6 Å². The Hall–Kier alpha value is -1.57. The van der Waals surface area contributed by atoms with Gasteiger partial charge in [0.15, 0.2) is 0 Å². The fourth-order valence-electron chi connectivity index (χ4n) is 3.33. The first-order valence-corrected chi connectivity index (χ1v) is 11.7. The van der Waals surface area contributed by atoms with Crippen molar-refractivity contribution in [2.75, 3.05) is 46.5 Å². The van der Waals surface area contributed by atoms with E-state index in [2.05, 4.69) is 25.1 Å². The zero-order valence-corrected chi connectivity index (χ0v) is 18.4. The van der Waals surface area contributed by atoms with Crippen molar-refractivity contribution in [2.45, 2.75) is 50.0 Å². The molecule has 1 saturated carbocycles. The van der Waals surface area contributed by atoms with Crippen molar-refractivity contribution in [3.05, 3.63) is 29.8 Å². The zero-order chi connectivity index (χ0) is 21.0. The van der Waals surface area contributed by atoms with Crippen LogP contribution in [0.4, 0.5) is 0 Å². The van der Waals surface area contributed by atoms with Crippen LogP contribution in [0.2, 0.25) is 0 Å². The predicted octanol–water partition coefficient (Wildman–Crippen LogP) is 3.16. The SMILES string of the molecule is C(=NCCN1CCOCC1)=NC1CCCCC1.COS(=O)(=O)c1ccccc1C. The Kier molecular flexibility index (Phi) is 10.5. The average Bonchev–Trinajstić information content (AvgIpc) is 2.76. The molecule has 7 nitrogen and oxygen atoms in total. The molecule has 2 fully saturated rings. The molecule has 29 heavy (non-hydrogen) atoms. The lowest BCUT2D eigenvalue weighted by atomic mass is 9.96. The molecule has 0 aromatic heterocycles. The summed E-state index contributed by atoms with van der Waals surface area (Å²) in [6.07, 6.45) is 6.48. The molecular formula is C21H33N3O4S. The molecule has 3 rings (SSSR count). The van der Waals surface area contributed by atoms with E-state index in [1.165, 1.54) is 38.2 Å². The number of rotatable bonds is 6. The first-order valence-electron chi connectivity index (χ1n) is 10.3. The molecule has 162 valence electrons. The van der Waals surface area contributed by atoms with Crippen LogP contribution in [0.25, 0.3) is 0 Å². The van der Waals surface area contributed by atoms with Crippen LogP contribution in [0.15, 0.2) is 39.1 Å². The van der Waals surface area contributed by atoms with Crippen LogP contribution in [0.3, 0.4) is 0 Å². The van der Waals surface area contributed by atoms with Gasteiger partial charge in [0.05, 0.1) is 43.8 Å². The van der Waals surface area contributed by atoms with Crippen LogP contribution < -0.4 is 0 Å². The van der Waals surface area contributed by atoms with E-state index in [0.717, 1.165) is 46.5 Å². The van der Waals surface area contributed by atoms with Crippen molar-refractivity contribution in [2.24, 2.45) is 9.98 Å². The van der Waals surface area contributed by atoms with E-state index >= 15 is 0 Å². The summed E-state index contributed by atoms with van der Waals surface area (Å²) in [4.78, 5) is 11.3. The Labute approximate surface area is 175 Å². The van der Waals surface area contributed by atoms with Crippen LogP contribution in [-0.2, 0) is 19.0 Å². The summed E-state index contributed by atoms with van der Waals surface area (Å²) in [5.74, 6) is 0. The molecule has 0 spiro atoms. The largest absolute Gasteiger partial charge is 0.379 e. The van der Waals surface area contributed by atoms with Crippen LogP contribution in [0, 0.1) is 6.92 Å². The maximum atomic E-state index is 11.2. The van der Waals surface area contributed by atoms with Gasteiger partial charge in [0.1, 0.15) is 0 Å². The van der Waals surface area contributed by atoms with Gasteiger partial charge >= 0.3 is 0 Å². The number of aliphatic imine (C=N–C) groups is 2. The van der Waals surface area contributed by atoms with E-state index in [4.69, 9.17) is 4.74 Å². The highest BCUT2D eigenvalue weighted by molar-refractivity contribution is 7.86. The summed E-state index contributed by atoms with van der Waals surface area (Å²) in [5, 5.41) is 0. The maximum Gasteiger partial charge on any atom is 0.296 e. The van der Waals surface area contributed by atoms with E-state index in [-0.39, 0.29) is 4.90 Å². The van der Waals surface area contributed by atoms with Crippen molar-refractivity contribution in [3.8, 4) is 0 Å². The third kappa shape index (κ3) is 8.76. The highest BCUT2D eigenvalue weighted by atomic mass is 32.2.